The maximum atomic E-state index is 14.9. The largest absolute Gasteiger partial charge is 0.491 e. The molecule has 0 aliphatic carbocycles. The van der Waals surface area contributed by atoms with Gasteiger partial charge in [0.1, 0.15) is 55.6 Å². The zero-order valence-corrected chi connectivity index (χ0v) is 27.7. The van der Waals surface area contributed by atoms with Gasteiger partial charge in [-0.2, -0.15) is 10.2 Å². The molecule has 0 bridgehead atoms. The molecule has 2 saturated heterocycles. The summed E-state index contributed by atoms with van der Waals surface area (Å²) in [6, 6.07) is 18.5. The van der Waals surface area contributed by atoms with Crippen molar-refractivity contribution in [3.05, 3.63) is 113 Å². The van der Waals surface area contributed by atoms with Crippen LogP contribution in [0.5, 0.6) is 5.75 Å². The highest BCUT2D eigenvalue weighted by atomic mass is 19.1. The molecule has 1 N–H and O–H groups in total. The lowest BCUT2D eigenvalue weighted by atomic mass is 10.0. The van der Waals surface area contributed by atoms with Crippen molar-refractivity contribution in [3.8, 4) is 11.4 Å². The van der Waals surface area contributed by atoms with Crippen LogP contribution in [0.3, 0.4) is 0 Å². The standard InChI is InChI=1S/C35H38F2N8O5/c1-24(25(2)46)45-34(47)44(23-40-45)29-6-4-27(5-7-29)41-13-15-42(16-14-41)28-8-10-30(11-9-28)48-18-31-19-49-35(50-31,20-43-22-38-21-39-43)32-12-3-26(36)17-33(32)37/h3-12,17,21-25,31,46H,13-16,18-20H2,1-2H3/t24?,25-,31+,35+/m1/s1. The first-order valence-electron chi connectivity index (χ1n) is 16.5. The number of piperazine rings is 1. The van der Waals surface area contributed by atoms with Crippen LogP contribution >= 0.6 is 0 Å². The van der Waals surface area contributed by atoms with Gasteiger partial charge >= 0.3 is 5.69 Å². The Morgan fingerprint density at radius 2 is 1.58 bits per heavy atom. The van der Waals surface area contributed by atoms with Crippen LogP contribution < -0.4 is 20.2 Å². The second-order valence-corrected chi connectivity index (χ2v) is 12.5. The summed E-state index contributed by atoms with van der Waals surface area (Å²) in [5.74, 6) is -2.33. The summed E-state index contributed by atoms with van der Waals surface area (Å²) in [5, 5.41) is 18.1. The number of aromatic nitrogens is 6. The number of hydrogen-bond acceptors (Lipinski definition) is 10. The quantitative estimate of drug-likeness (QED) is 0.221. The molecule has 4 atom stereocenters. The van der Waals surface area contributed by atoms with Crippen LogP contribution in [0.25, 0.3) is 5.69 Å². The predicted octanol–water partition coefficient (Wildman–Crippen LogP) is 3.52. The lowest BCUT2D eigenvalue weighted by molar-refractivity contribution is -0.192. The molecule has 0 saturated carbocycles. The van der Waals surface area contributed by atoms with Gasteiger partial charge in [-0.25, -0.2) is 32.5 Å². The minimum absolute atomic E-state index is 0.0259. The molecule has 2 aliphatic rings. The molecule has 0 radical (unpaired) electrons. The molecule has 7 rings (SSSR count). The first-order chi connectivity index (χ1) is 24.2. The Kier molecular flexibility index (Phi) is 9.35. The van der Waals surface area contributed by atoms with E-state index in [9.17, 15) is 18.7 Å². The molecule has 2 fully saturated rings. The van der Waals surface area contributed by atoms with Crippen LogP contribution in [0.4, 0.5) is 20.2 Å². The number of nitrogens with zero attached hydrogens (tertiary/aromatic N) is 8. The maximum absolute atomic E-state index is 14.9. The second-order valence-electron chi connectivity index (χ2n) is 12.5. The van der Waals surface area contributed by atoms with Gasteiger partial charge in [0.05, 0.1) is 24.4 Å². The molecule has 50 heavy (non-hydrogen) atoms. The third kappa shape index (κ3) is 6.84. The zero-order chi connectivity index (χ0) is 34.8. The third-order valence-electron chi connectivity index (χ3n) is 9.23. The predicted molar refractivity (Wildman–Crippen MR) is 179 cm³/mol. The number of aliphatic hydroxyl groups excluding tert-OH is 1. The number of ether oxygens (including phenoxy) is 3. The Balaban J connectivity index is 0.924. The molecule has 2 aliphatic heterocycles. The maximum Gasteiger partial charge on any atom is 0.350 e. The number of benzene rings is 3. The van der Waals surface area contributed by atoms with Crippen LogP contribution in [-0.4, -0.2) is 85.8 Å². The highest BCUT2D eigenvalue weighted by molar-refractivity contribution is 5.54. The molecular formula is C35H38F2N8O5. The fraction of sp³-hybridized carbons (Fsp3) is 0.371. The van der Waals surface area contributed by atoms with Crippen molar-refractivity contribution >= 4 is 11.4 Å². The summed E-state index contributed by atoms with van der Waals surface area (Å²) in [6.07, 6.45) is 3.11. The molecule has 0 spiro atoms. The number of anilines is 2. The average molecular weight is 689 g/mol. The normalized spacial score (nSPS) is 20.6. The van der Waals surface area contributed by atoms with E-state index < -0.39 is 35.7 Å². The van der Waals surface area contributed by atoms with Crippen LogP contribution in [0.15, 0.2) is 90.5 Å². The van der Waals surface area contributed by atoms with Crippen molar-refractivity contribution in [1.82, 2.24) is 29.1 Å². The Bertz CT molecular complexity index is 1940. The summed E-state index contributed by atoms with van der Waals surface area (Å²) >= 11 is 0. The third-order valence-corrected chi connectivity index (χ3v) is 9.23. The molecular weight excluding hydrogens is 650 g/mol. The van der Waals surface area contributed by atoms with Crippen molar-refractivity contribution in [2.24, 2.45) is 0 Å². The van der Waals surface area contributed by atoms with Crippen LogP contribution in [0.2, 0.25) is 0 Å². The molecule has 3 aromatic carbocycles. The van der Waals surface area contributed by atoms with E-state index in [2.05, 4.69) is 25.0 Å². The van der Waals surface area contributed by atoms with Gasteiger partial charge in [0, 0.05) is 49.2 Å². The smallest absolute Gasteiger partial charge is 0.350 e. The highest BCUT2D eigenvalue weighted by Crippen LogP contribution is 2.38. The Hall–Kier alpha value is -5.12. The number of rotatable bonds is 11. The SMILES string of the molecule is CC([C@@H](C)O)n1ncn(-c2ccc(N3CCN(c4ccc(OC[C@H]5CO[C@](Cn6cncn6)(c6ccc(F)cc6F)O5)cc4)CC3)cc2)c1=O. The van der Waals surface area contributed by atoms with Crippen molar-refractivity contribution in [2.45, 2.75) is 44.4 Å². The van der Waals surface area contributed by atoms with Crippen molar-refractivity contribution in [1.29, 1.82) is 0 Å². The van der Waals surface area contributed by atoms with Gasteiger partial charge in [-0.3, -0.25) is 0 Å². The monoisotopic (exact) mass is 688 g/mol. The first kappa shape index (κ1) is 33.4. The Morgan fingerprint density at radius 1 is 0.920 bits per heavy atom. The van der Waals surface area contributed by atoms with Gasteiger partial charge in [-0.05, 0) is 74.5 Å². The highest BCUT2D eigenvalue weighted by Gasteiger charge is 2.46. The van der Waals surface area contributed by atoms with Gasteiger partial charge in [-0.1, -0.05) is 0 Å². The van der Waals surface area contributed by atoms with Gasteiger partial charge in [0.2, 0.25) is 5.79 Å². The van der Waals surface area contributed by atoms with Crippen molar-refractivity contribution in [2.75, 3.05) is 49.2 Å². The minimum Gasteiger partial charge on any atom is -0.491 e. The fourth-order valence-corrected chi connectivity index (χ4v) is 6.25. The second kappa shape index (κ2) is 14.0. The van der Waals surface area contributed by atoms with E-state index in [1.54, 1.807) is 13.8 Å². The Labute approximate surface area is 286 Å². The van der Waals surface area contributed by atoms with Crippen LogP contribution in [0, 0.1) is 11.6 Å². The number of hydrogen-bond donors (Lipinski definition) is 1. The lowest BCUT2D eigenvalue weighted by Gasteiger charge is -2.37. The van der Waals surface area contributed by atoms with Gasteiger partial charge in [0.15, 0.2) is 0 Å². The molecule has 2 aromatic heterocycles. The van der Waals surface area contributed by atoms with Crippen molar-refractivity contribution in [3.63, 3.8) is 0 Å². The summed E-state index contributed by atoms with van der Waals surface area (Å²) in [5.41, 5.74) is 2.64. The fourth-order valence-electron chi connectivity index (χ4n) is 6.25. The van der Waals surface area contributed by atoms with E-state index in [1.165, 1.54) is 45.0 Å². The van der Waals surface area contributed by atoms with Gasteiger partial charge in [0.25, 0.3) is 0 Å². The molecule has 13 nitrogen and oxygen atoms in total. The van der Waals surface area contributed by atoms with Crippen LogP contribution in [0.1, 0.15) is 25.5 Å². The minimum atomic E-state index is -1.52. The molecule has 5 aromatic rings. The molecule has 1 unspecified atom stereocenters. The Morgan fingerprint density at radius 3 is 2.20 bits per heavy atom. The molecule has 15 heteroatoms. The summed E-state index contributed by atoms with van der Waals surface area (Å²) in [4.78, 5) is 21.4. The van der Waals surface area contributed by atoms with E-state index in [-0.39, 0.29) is 31.0 Å². The van der Waals surface area contributed by atoms with Gasteiger partial charge in [-0.15, -0.1) is 0 Å². The average Bonchev–Trinajstić information content (AvgIpc) is 3.88. The van der Waals surface area contributed by atoms with E-state index in [1.807, 2.05) is 48.5 Å². The topological polar surface area (TPSA) is 125 Å². The molecule has 4 heterocycles. The van der Waals surface area contributed by atoms with Gasteiger partial charge < -0.3 is 29.1 Å². The van der Waals surface area contributed by atoms with E-state index in [0.29, 0.717) is 11.4 Å². The molecule has 262 valence electrons. The van der Waals surface area contributed by atoms with Crippen LogP contribution in [-0.2, 0) is 21.8 Å². The number of halogens is 2. The van der Waals surface area contributed by atoms with E-state index in [0.717, 1.165) is 43.6 Å². The summed E-state index contributed by atoms with van der Waals surface area (Å²) < 4.78 is 51.1. The zero-order valence-electron chi connectivity index (χ0n) is 27.7. The summed E-state index contributed by atoms with van der Waals surface area (Å²) in [7, 11) is 0. The first-order valence-corrected chi connectivity index (χ1v) is 16.5. The van der Waals surface area contributed by atoms with Crippen molar-refractivity contribution < 1.29 is 28.1 Å². The molecule has 0 amide bonds. The number of aliphatic hydroxyl groups is 1. The van der Waals surface area contributed by atoms with E-state index in [4.69, 9.17) is 14.2 Å². The lowest BCUT2D eigenvalue weighted by Crippen LogP contribution is -2.46. The summed E-state index contributed by atoms with van der Waals surface area (Å²) in [6.45, 7) is 7.02. The van der Waals surface area contributed by atoms with E-state index >= 15 is 0 Å².